The molecular formula is C27H35F6NO5S. The molecule has 3 aliphatic rings. The SMILES string of the molecule is C=C[C@@]12CCc3cc(NS(=O)(=O)O)ccc3[C@H]1[C@@H](CCCCC(O)(C(F)(F)F)C(F)(F)F)C[C@@]1(C)[C@H]2CC[C@@H]1O. The molecule has 226 valence electrons. The number of halogens is 6. The molecule has 4 rings (SSSR count). The number of unbranched alkanes of at least 4 members (excludes halogenated alkanes) is 1. The van der Waals surface area contributed by atoms with Crippen LogP contribution >= 0.6 is 0 Å². The Morgan fingerprint density at radius 3 is 2.35 bits per heavy atom. The van der Waals surface area contributed by atoms with Gasteiger partial charge in [0.15, 0.2) is 0 Å². The van der Waals surface area contributed by atoms with E-state index in [1.807, 2.05) is 17.7 Å². The molecule has 3 aliphatic carbocycles. The van der Waals surface area contributed by atoms with Gasteiger partial charge in [0, 0.05) is 0 Å². The van der Waals surface area contributed by atoms with Gasteiger partial charge in [0.2, 0.25) is 0 Å². The molecule has 0 aliphatic heterocycles. The second kappa shape index (κ2) is 10.2. The summed E-state index contributed by atoms with van der Waals surface area (Å²) in [5.41, 5.74) is -3.91. The lowest BCUT2D eigenvalue weighted by Gasteiger charge is -2.60. The second-order valence-electron chi connectivity index (χ2n) is 12.0. The Morgan fingerprint density at radius 2 is 1.77 bits per heavy atom. The Kier molecular flexibility index (Phi) is 7.91. The normalized spacial score (nSPS) is 32.6. The monoisotopic (exact) mass is 599 g/mol. The van der Waals surface area contributed by atoms with Crippen LogP contribution in [0.4, 0.5) is 32.0 Å². The van der Waals surface area contributed by atoms with Crippen molar-refractivity contribution >= 4 is 16.0 Å². The van der Waals surface area contributed by atoms with Crippen molar-refractivity contribution in [3.63, 3.8) is 0 Å². The van der Waals surface area contributed by atoms with Gasteiger partial charge in [0.25, 0.3) is 5.60 Å². The summed E-state index contributed by atoms with van der Waals surface area (Å²) in [5.74, 6) is -0.379. The summed E-state index contributed by atoms with van der Waals surface area (Å²) in [7, 11) is -4.50. The molecule has 0 radical (unpaired) electrons. The smallest absolute Gasteiger partial charge is 0.393 e. The van der Waals surface area contributed by atoms with Gasteiger partial charge in [-0.1, -0.05) is 25.5 Å². The number of aliphatic hydroxyl groups is 2. The molecule has 0 unspecified atom stereocenters. The van der Waals surface area contributed by atoms with E-state index in [-0.39, 0.29) is 36.3 Å². The first kappa shape index (κ1) is 31.1. The molecule has 0 bridgehead atoms. The Balaban J connectivity index is 1.66. The van der Waals surface area contributed by atoms with Crippen molar-refractivity contribution in [3.05, 3.63) is 42.0 Å². The molecule has 0 aromatic heterocycles. The zero-order chi connectivity index (χ0) is 29.9. The fraction of sp³-hybridized carbons (Fsp3) is 0.704. The zero-order valence-corrected chi connectivity index (χ0v) is 22.8. The van der Waals surface area contributed by atoms with Crippen LogP contribution in [0, 0.1) is 22.7 Å². The quantitative estimate of drug-likeness (QED) is 0.121. The molecule has 0 saturated heterocycles. The fourth-order valence-electron chi connectivity index (χ4n) is 8.15. The van der Waals surface area contributed by atoms with Crippen LogP contribution in [0.3, 0.4) is 0 Å². The lowest BCUT2D eigenvalue weighted by Crippen LogP contribution is -2.56. The van der Waals surface area contributed by atoms with Crippen molar-refractivity contribution in [3.8, 4) is 0 Å². The largest absolute Gasteiger partial charge is 0.426 e. The molecule has 2 saturated carbocycles. The highest BCUT2D eigenvalue weighted by atomic mass is 32.2. The predicted octanol–water partition coefficient (Wildman–Crippen LogP) is 6.32. The van der Waals surface area contributed by atoms with Crippen LogP contribution in [-0.4, -0.2) is 47.2 Å². The molecule has 40 heavy (non-hydrogen) atoms. The average molecular weight is 600 g/mol. The predicted molar refractivity (Wildman–Crippen MR) is 136 cm³/mol. The van der Waals surface area contributed by atoms with Crippen molar-refractivity contribution < 1.29 is 49.5 Å². The van der Waals surface area contributed by atoms with Crippen LogP contribution in [0.2, 0.25) is 0 Å². The summed E-state index contributed by atoms with van der Waals surface area (Å²) in [4.78, 5) is 0. The highest BCUT2D eigenvalue weighted by Crippen LogP contribution is 2.69. The molecule has 1 aromatic rings. The molecule has 1 aromatic carbocycles. The maximum Gasteiger partial charge on any atom is 0.426 e. The van der Waals surface area contributed by atoms with E-state index in [4.69, 9.17) is 0 Å². The van der Waals surface area contributed by atoms with Crippen molar-refractivity contribution in [2.75, 3.05) is 4.72 Å². The number of hydrogen-bond donors (Lipinski definition) is 4. The van der Waals surface area contributed by atoms with Gasteiger partial charge < -0.3 is 10.2 Å². The molecule has 0 amide bonds. The summed E-state index contributed by atoms with van der Waals surface area (Å²) in [6, 6.07) is 4.88. The van der Waals surface area contributed by atoms with E-state index in [0.29, 0.717) is 25.7 Å². The number of benzene rings is 1. The number of hydrogen-bond acceptors (Lipinski definition) is 4. The maximum atomic E-state index is 13.2. The van der Waals surface area contributed by atoms with E-state index in [1.165, 1.54) is 6.07 Å². The van der Waals surface area contributed by atoms with Gasteiger partial charge in [-0.15, -0.1) is 6.58 Å². The summed E-state index contributed by atoms with van der Waals surface area (Å²) >= 11 is 0. The van der Waals surface area contributed by atoms with Crippen LogP contribution in [-0.2, 0) is 16.7 Å². The summed E-state index contributed by atoms with van der Waals surface area (Å²) in [5, 5.41) is 20.6. The first-order valence-electron chi connectivity index (χ1n) is 13.3. The molecule has 0 spiro atoms. The third kappa shape index (κ3) is 5.15. The first-order chi connectivity index (χ1) is 18.3. The van der Waals surface area contributed by atoms with Gasteiger partial charge in [-0.05, 0) is 103 Å². The van der Waals surface area contributed by atoms with Crippen molar-refractivity contribution in [2.45, 2.75) is 94.7 Å². The minimum Gasteiger partial charge on any atom is -0.393 e. The van der Waals surface area contributed by atoms with Gasteiger partial charge in [0.1, 0.15) is 0 Å². The third-order valence-electron chi connectivity index (χ3n) is 9.92. The molecule has 4 N–H and O–H groups in total. The van der Waals surface area contributed by atoms with Crippen molar-refractivity contribution in [2.24, 2.45) is 22.7 Å². The van der Waals surface area contributed by atoms with Crippen molar-refractivity contribution in [1.29, 1.82) is 0 Å². The van der Waals surface area contributed by atoms with Crippen LogP contribution in [0.15, 0.2) is 30.9 Å². The van der Waals surface area contributed by atoms with E-state index in [1.54, 1.807) is 12.1 Å². The van der Waals surface area contributed by atoms with E-state index in [0.717, 1.165) is 17.5 Å². The van der Waals surface area contributed by atoms with Crippen LogP contribution in [0.1, 0.15) is 75.3 Å². The Hall–Kier alpha value is -1.83. The Labute approximate surface area is 229 Å². The minimum atomic E-state index is -5.86. The van der Waals surface area contributed by atoms with Gasteiger partial charge in [-0.3, -0.25) is 9.27 Å². The minimum absolute atomic E-state index is 0.00255. The van der Waals surface area contributed by atoms with Gasteiger partial charge in [-0.2, -0.15) is 34.8 Å². The van der Waals surface area contributed by atoms with E-state index in [2.05, 4.69) is 6.58 Å². The molecular weight excluding hydrogens is 564 g/mol. The Morgan fingerprint density at radius 1 is 1.12 bits per heavy atom. The van der Waals surface area contributed by atoms with Crippen molar-refractivity contribution in [1.82, 2.24) is 0 Å². The maximum absolute atomic E-state index is 13.2. The zero-order valence-electron chi connectivity index (χ0n) is 22.0. The molecule has 2 fully saturated rings. The summed E-state index contributed by atoms with van der Waals surface area (Å²) < 4.78 is 113. The number of allylic oxidation sites excluding steroid dienone is 1. The van der Waals surface area contributed by atoms with E-state index in [9.17, 15) is 49.5 Å². The lowest BCUT2D eigenvalue weighted by atomic mass is 9.44. The number of nitrogens with one attached hydrogen (secondary N) is 1. The highest BCUT2D eigenvalue weighted by molar-refractivity contribution is 7.87. The standard InChI is InChI=1S/C27H35F6NO5S/c1-3-24-13-11-16-14-18(34-40(37,38)39)7-8-19(16)22(24)17(15-23(2)20(24)9-10-21(23)35)6-4-5-12-25(36,26(28,29)30)27(31,32)33/h3,7-8,14,17,20-22,34-36H,1,4-6,9-13,15H2,2H3,(H,37,38,39)/t17-,20+,21-,22+,23-,24-/m0/s1. The number of aryl methyl sites for hydroxylation is 1. The number of rotatable bonds is 8. The van der Waals surface area contributed by atoms with E-state index >= 15 is 0 Å². The number of anilines is 1. The Bertz CT molecular complexity index is 1220. The summed E-state index contributed by atoms with van der Waals surface area (Å²) in [6.45, 7) is 6.13. The van der Waals surface area contributed by atoms with Gasteiger partial charge >= 0.3 is 22.7 Å². The van der Waals surface area contributed by atoms with Crippen LogP contribution in [0.25, 0.3) is 0 Å². The fourth-order valence-corrected chi connectivity index (χ4v) is 8.57. The third-order valence-corrected chi connectivity index (χ3v) is 10.4. The molecule has 13 heteroatoms. The van der Waals surface area contributed by atoms with Gasteiger partial charge in [0.05, 0.1) is 11.8 Å². The number of aliphatic hydroxyl groups excluding tert-OH is 1. The second-order valence-corrected chi connectivity index (χ2v) is 13.2. The molecule has 6 atom stereocenters. The molecule has 6 nitrogen and oxygen atoms in total. The average Bonchev–Trinajstić information content (AvgIpc) is 3.13. The highest BCUT2D eigenvalue weighted by Gasteiger charge is 2.69. The lowest BCUT2D eigenvalue weighted by molar-refractivity contribution is -0.370. The molecule has 0 heterocycles. The van der Waals surface area contributed by atoms with Crippen LogP contribution in [0.5, 0.6) is 0 Å². The van der Waals surface area contributed by atoms with E-state index < -0.39 is 58.0 Å². The number of fused-ring (bicyclic) bond motifs is 5. The number of alkyl halides is 6. The van der Waals surface area contributed by atoms with Gasteiger partial charge in [-0.25, -0.2) is 0 Å². The first-order valence-corrected chi connectivity index (χ1v) is 14.8. The van der Waals surface area contributed by atoms with Crippen LogP contribution < -0.4 is 4.72 Å². The topological polar surface area (TPSA) is 107 Å². The summed E-state index contributed by atoms with van der Waals surface area (Å²) in [6.07, 6.45) is -9.19.